The summed E-state index contributed by atoms with van der Waals surface area (Å²) in [6, 6.07) is 11.4. The van der Waals surface area contributed by atoms with Crippen molar-refractivity contribution in [3.05, 3.63) is 117 Å². The molecule has 12 heteroatoms. The number of amides is 1. The van der Waals surface area contributed by atoms with Gasteiger partial charge in [0.15, 0.2) is 0 Å². The van der Waals surface area contributed by atoms with Crippen LogP contribution in [-0.4, -0.2) is 29.8 Å². The first-order chi connectivity index (χ1) is 19.6. The predicted octanol–water partition coefficient (Wildman–Crippen LogP) is 4.70. The summed E-state index contributed by atoms with van der Waals surface area (Å²) in [5.41, 5.74) is -0.758. The normalized spacial score (nSPS) is 11.1. The van der Waals surface area contributed by atoms with Gasteiger partial charge in [0.2, 0.25) is 0 Å². The number of pyridine rings is 1. The predicted molar refractivity (Wildman–Crippen MR) is 148 cm³/mol. The third-order valence-electron chi connectivity index (χ3n) is 6.16. The molecule has 208 valence electrons. The number of anilines is 1. The second-order valence-electron chi connectivity index (χ2n) is 9.42. The number of hydrogen-bond donors (Lipinski definition) is 1. The van der Waals surface area contributed by atoms with Crippen molar-refractivity contribution >= 4 is 11.6 Å². The minimum atomic E-state index is -0.932. The van der Waals surface area contributed by atoms with Crippen LogP contribution >= 0.6 is 0 Å². The fraction of sp³-hybridized carbons (Fsp3) is 0.138. The zero-order valence-corrected chi connectivity index (χ0v) is 22.2. The Morgan fingerprint density at radius 1 is 0.976 bits per heavy atom. The Morgan fingerprint density at radius 2 is 1.71 bits per heavy atom. The van der Waals surface area contributed by atoms with Crippen LogP contribution in [0.2, 0.25) is 0 Å². The summed E-state index contributed by atoms with van der Waals surface area (Å²) in [7, 11) is 1.79. The SMILES string of the molecule is CC(C)n1cc(C(=O)Nc2ccc(Oc3ccnc(-c4cnn(C)c4)c3)cc2F)c(=O)n(-c2ccc(F)cc2)c1=O. The van der Waals surface area contributed by atoms with Gasteiger partial charge >= 0.3 is 5.69 Å². The second-order valence-corrected chi connectivity index (χ2v) is 9.42. The van der Waals surface area contributed by atoms with E-state index in [1.807, 2.05) is 0 Å². The van der Waals surface area contributed by atoms with Crippen LogP contribution in [0.1, 0.15) is 30.2 Å². The van der Waals surface area contributed by atoms with Gasteiger partial charge in [-0.25, -0.2) is 18.1 Å². The van der Waals surface area contributed by atoms with Crippen LogP contribution in [0.4, 0.5) is 14.5 Å². The largest absolute Gasteiger partial charge is 0.457 e. The van der Waals surface area contributed by atoms with E-state index in [4.69, 9.17) is 4.74 Å². The van der Waals surface area contributed by atoms with Crippen LogP contribution in [0.15, 0.2) is 89.0 Å². The Kier molecular flexibility index (Phi) is 7.30. The molecule has 0 spiro atoms. The molecule has 1 amide bonds. The van der Waals surface area contributed by atoms with Gasteiger partial charge in [-0.2, -0.15) is 5.10 Å². The van der Waals surface area contributed by atoms with Crippen molar-refractivity contribution in [2.24, 2.45) is 7.05 Å². The van der Waals surface area contributed by atoms with Gasteiger partial charge in [-0.3, -0.25) is 23.8 Å². The molecule has 0 saturated heterocycles. The van der Waals surface area contributed by atoms with E-state index in [2.05, 4.69) is 15.4 Å². The van der Waals surface area contributed by atoms with E-state index in [1.54, 1.807) is 56.3 Å². The lowest BCUT2D eigenvalue weighted by Crippen LogP contribution is -2.42. The summed E-state index contributed by atoms with van der Waals surface area (Å²) in [5.74, 6) is -1.72. The molecule has 41 heavy (non-hydrogen) atoms. The number of aromatic nitrogens is 5. The third kappa shape index (κ3) is 5.66. The molecular weight excluding hydrogens is 534 g/mol. The van der Waals surface area contributed by atoms with E-state index in [-0.39, 0.29) is 17.1 Å². The van der Waals surface area contributed by atoms with Crippen molar-refractivity contribution in [3.8, 4) is 28.4 Å². The van der Waals surface area contributed by atoms with Crippen molar-refractivity contribution < 1.29 is 18.3 Å². The third-order valence-corrected chi connectivity index (χ3v) is 6.16. The number of nitrogens with one attached hydrogen (secondary N) is 1. The van der Waals surface area contributed by atoms with Gasteiger partial charge in [0.1, 0.15) is 28.7 Å². The lowest BCUT2D eigenvalue weighted by molar-refractivity contribution is 0.102. The molecule has 0 aliphatic carbocycles. The van der Waals surface area contributed by atoms with Gasteiger partial charge in [0, 0.05) is 49.4 Å². The molecule has 5 rings (SSSR count). The molecule has 0 saturated carbocycles. The fourth-order valence-electron chi connectivity index (χ4n) is 4.09. The number of hydrogen-bond acceptors (Lipinski definition) is 6. The quantitative estimate of drug-likeness (QED) is 0.310. The van der Waals surface area contributed by atoms with Crippen molar-refractivity contribution in [3.63, 3.8) is 0 Å². The highest BCUT2D eigenvalue weighted by atomic mass is 19.1. The fourth-order valence-corrected chi connectivity index (χ4v) is 4.09. The molecule has 0 bridgehead atoms. The van der Waals surface area contributed by atoms with E-state index in [9.17, 15) is 18.8 Å². The van der Waals surface area contributed by atoms with E-state index in [1.165, 1.54) is 28.8 Å². The molecule has 10 nitrogen and oxygen atoms in total. The van der Waals surface area contributed by atoms with Crippen LogP contribution in [0.25, 0.3) is 16.9 Å². The standard InChI is InChI=1S/C29H24F2N6O4/c1-17(2)36-16-23(28(39)37(29(36)40)20-6-4-19(30)5-7-20)27(38)34-25-9-8-21(12-24(25)31)41-22-10-11-32-26(13-22)18-14-33-35(3)15-18/h4-17H,1-3H3,(H,34,38). The van der Waals surface area contributed by atoms with Gasteiger partial charge in [-0.05, 0) is 56.3 Å². The molecule has 0 unspecified atom stereocenters. The average molecular weight is 559 g/mol. The van der Waals surface area contributed by atoms with Crippen LogP contribution in [0, 0.1) is 11.6 Å². The first kappa shape index (κ1) is 27.2. The summed E-state index contributed by atoms with van der Waals surface area (Å²) in [6.07, 6.45) is 6.14. The van der Waals surface area contributed by atoms with Crippen LogP contribution in [0.3, 0.4) is 0 Å². The number of benzene rings is 2. The van der Waals surface area contributed by atoms with E-state index in [0.29, 0.717) is 11.4 Å². The average Bonchev–Trinajstić information content (AvgIpc) is 3.37. The zero-order chi connectivity index (χ0) is 29.3. The Labute approximate surface area is 232 Å². The van der Waals surface area contributed by atoms with Crippen LogP contribution < -0.4 is 21.3 Å². The molecule has 0 aliphatic heterocycles. The second kappa shape index (κ2) is 11.0. The molecule has 0 fully saturated rings. The summed E-state index contributed by atoms with van der Waals surface area (Å²) in [5, 5.41) is 6.51. The molecule has 1 N–H and O–H groups in total. The van der Waals surface area contributed by atoms with Crippen LogP contribution in [-0.2, 0) is 7.05 Å². The van der Waals surface area contributed by atoms with Crippen molar-refractivity contribution in [2.75, 3.05) is 5.32 Å². The minimum absolute atomic E-state index is 0.0842. The number of rotatable bonds is 7. The highest BCUT2D eigenvalue weighted by molar-refractivity contribution is 6.04. The summed E-state index contributed by atoms with van der Waals surface area (Å²) >= 11 is 0. The van der Waals surface area contributed by atoms with E-state index in [0.717, 1.165) is 34.5 Å². The summed E-state index contributed by atoms with van der Waals surface area (Å²) in [4.78, 5) is 43.7. The Hall–Kier alpha value is -5.39. The highest BCUT2D eigenvalue weighted by Gasteiger charge is 2.21. The number of ether oxygens (including phenoxy) is 1. The summed E-state index contributed by atoms with van der Waals surface area (Å²) in [6.45, 7) is 3.40. The van der Waals surface area contributed by atoms with Gasteiger partial charge in [-0.1, -0.05) is 0 Å². The Bertz CT molecular complexity index is 1880. The zero-order valence-electron chi connectivity index (χ0n) is 22.2. The highest BCUT2D eigenvalue weighted by Crippen LogP contribution is 2.28. The Morgan fingerprint density at radius 3 is 2.37 bits per heavy atom. The minimum Gasteiger partial charge on any atom is -0.457 e. The first-order valence-electron chi connectivity index (χ1n) is 12.5. The van der Waals surface area contributed by atoms with Gasteiger partial charge < -0.3 is 10.1 Å². The lowest BCUT2D eigenvalue weighted by atomic mass is 10.2. The summed E-state index contributed by atoms with van der Waals surface area (Å²) < 4.78 is 37.9. The maximum atomic E-state index is 15.0. The number of carbonyl (C=O) groups is 1. The molecular formula is C29H24F2N6O4. The maximum absolute atomic E-state index is 15.0. The van der Waals surface area contributed by atoms with E-state index < -0.39 is 40.4 Å². The van der Waals surface area contributed by atoms with Crippen molar-refractivity contribution in [1.82, 2.24) is 23.9 Å². The molecule has 3 heterocycles. The van der Waals surface area contributed by atoms with Gasteiger partial charge in [0.25, 0.3) is 11.5 Å². The molecule has 0 radical (unpaired) electrons. The van der Waals surface area contributed by atoms with Crippen LogP contribution in [0.5, 0.6) is 11.5 Å². The van der Waals surface area contributed by atoms with Gasteiger partial charge in [0.05, 0.1) is 23.3 Å². The molecule has 5 aromatic rings. The number of nitrogens with zero attached hydrogens (tertiary/aromatic N) is 5. The van der Waals surface area contributed by atoms with E-state index >= 15 is 4.39 Å². The van der Waals surface area contributed by atoms with Crippen molar-refractivity contribution in [2.45, 2.75) is 19.9 Å². The number of carbonyl (C=O) groups excluding carboxylic acids is 1. The Balaban J connectivity index is 1.41. The lowest BCUT2D eigenvalue weighted by Gasteiger charge is -2.16. The molecule has 0 aliphatic rings. The van der Waals surface area contributed by atoms with Crippen molar-refractivity contribution in [1.29, 1.82) is 0 Å². The maximum Gasteiger partial charge on any atom is 0.335 e. The molecule has 0 atom stereocenters. The monoisotopic (exact) mass is 558 g/mol. The topological polar surface area (TPSA) is 113 Å². The first-order valence-corrected chi connectivity index (χ1v) is 12.5. The smallest absolute Gasteiger partial charge is 0.335 e. The number of aryl methyl sites for hydroxylation is 1. The molecule has 2 aromatic carbocycles. The molecule has 3 aromatic heterocycles. The number of halogens is 2. The van der Waals surface area contributed by atoms with Gasteiger partial charge in [-0.15, -0.1) is 0 Å².